The molecule has 0 aromatic heterocycles. The Hall–Kier alpha value is -1.14. The van der Waals surface area contributed by atoms with E-state index >= 15 is 0 Å². The zero-order valence-corrected chi connectivity index (χ0v) is 8.49. The van der Waals surface area contributed by atoms with Crippen LogP contribution in [0.1, 0.15) is 25.7 Å². The Bertz CT molecular complexity index is 226. The molecule has 0 aromatic carbocycles. The first-order valence-corrected chi connectivity index (χ1v) is 5.04. The summed E-state index contributed by atoms with van der Waals surface area (Å²) in [4.78, 5) is 25.6. The summed E-state index contributed by atoms with van der Waals surface area (Å²) in [6.07, 6.45) is 4.61. The highest BCUT2D eigenvalue weighted by Crippen LogP contribution is 2.16. The quantitative estimate of drug-likeness (QED) is 0.528. The minimum absolute atomic E-state index is 0.171. The van der Waals surface area contributed by atoms with Crippen molar-refractivity contribution in [2.24, 2.45) is 0 Å². The summed E-state index contributed by atoms with van der Waals surface area (Å²) in [6, 6.07) is 0.412. The van der Waals surface area contributed by atoms with Gasteiger partial charge in [-0.05, 0) is 12.8 Å². The van der Waals surface area contributed by atoms with Crippen molar-refractivity contribution in [2.75, 3.05) is 13.2 Å². The summed E-state index contributed by atoms with van der Waals surface area (Å²) in [5.41, 5.74) is 2.06. The second-order valence-corrected chi connectivity index (χ2v) is 3.57. The minimum atomic E-state index is -1.11. The Labute approximate surface area is 87.9 Å². The van der Waals surface area contributed by atoms with Gasteiger partial charge in [-0.15, -0.1) is 0 Å². The molecule has 1 aliphatic carbocycles. The molecular weight excluding hydrogens is 200 g/mol. The molecule has 0 saturated heterocycles. The maximum Gasteiger partial charge on any atom is 0.332 e. The molecule has 0 aromatic rings. The number of amides is 1. The van der Waals surface area contributed by atoms with E-state index in [-0.39, 0.29) is 12.5 Å². The summed E-state index contributed by atoms with van der Waals surface area (Å²) in [6.45, 7) is -0.348. The molecule has 0 radical (unpaired) electrons. The maximum absolute atomic E-state index is 11.1. The summed E-state index contributed by atoms with van der Waals surface area (Å²) in [5, 5.41) is 11.3. The smallest absolute Gasteiger partial charge is 0.332 e. The number of carboxylic acid groups (broad SMARTS) is 1. The number of carbonyl (C=O) groups excluding carboxylic acids is 1. The fourth-order valence-electron chi connectivity index (χ4n) is 1.58. The van der Waals surface area contributed by atoms with Crippen LogP contribution in [0.5, 0.6) is 0 Å². The van der Waals surface area contributed by atoms with Gasteiger partial charge < -0.3 is 10.4 Å². The van der Waals surface area contributed by atoms with E-state index in [4.69, 9.17) is 5.11 Å². The van der Waals surface area contributed by atoms with Gasteiger partial charge in [0.05, 0.1) is 6.54 Å². The van der Waals surface area contributed by atoms with Crippen LogP contribution in [0.3, 0.4) is 0 Å². The number of hydroxylamine groups is 1. The molecule has 1 saturated carbocycles. The Morgan fingerprint density at radius 1 is 1.33 bits per heavy atom. The van der Waals surface area contributed by atoms with E-state index in [1.54, 1.807) is 0 Å². The number of hydrogen-bond acceptors (Lipinski definition) is 4. The standard InChI is InChI=1S/C9H16N2O4/c12-8(11-15-6-9(13)14)5-10-7-3-1-2-4-7/h7,10H,1-6H2,(H,11,12)(H,13,14). The highest BCUT2D eigenvalue weighted by molar-refractivity contribution is 5.77. The highest BCUT2D eigenvalue weighted by Gasteiger charge is 2.15. The van der Waals surface area contributed by atoms with E-state index < -0.39 is 12.6 Å². The van der Waals surface area contributed by atoms with Crippen molar-refractivity contribution in [3.8, 4) is 0 Å². The Morgan fingerprint density at radius 2 is 2.00 bits per heavy atom. The summed E-state index contributed by atoms with van der Waals surface area (Å²) < 4.78 is 0. The van der Waals surface area contributed by atoms with Crippen LogP contribution in [0.15, 0.2) is 0 Å². The van der Waals surface area contributed by atoms with Crippen molar-refractivity contribution in [2.45, 2.75) is 31.7 Å². The molecule has 0 spiro atoms. The van der Waals surface area contributed by atoms with Gasteiger partial charge in [0.2, 0.25) is 0 Å². The third-order valence-corrected chi connectivity index (χ3v) is 2.29. The third-order valence-electron chi connectivity index (χ3n) is 2.29. The molecule has 0 unspecified atom stereocenters. The number of nitrogens with one attached hydrogen (secondary N) is 2. The van der Waals surface area contributed by atoms with Gasteiger partial charge in [0.25, 0.3) is 5.91 Å². The summed E-state index contributed by atoms with van der Waals surface area (Å²) >= 11 is 0. The normalized spacial score (nSPS) is 16.5. The molecule has 1 fully saturated rings. The zero-order valence-electron chi connectivity index (χ0n) is 8.49. The molecule has 15 heavy (non-hydrogen) atoms. The molecule has 86 valence electrons. The first-order valence-electron chi connectivity index (χ1n) is 5.04. The Balaban J connectivity index is 2.00. The SMILES string of the molecule is O=C(O)CONC(=O)CNC1CCCC1. The predicted octanol–water partition coefficient (Wildman–Crippen LogP) is -0.349. The van der Waals surface area contributed by atoms with Crippen molar-refractivity contribution in [3.63, 3.8) is 0 Å². The lowest BCUT2D eigenvalue weighted by molar-refractivity contribution is -0.149. The van der Waals surface area contributed by atoms with Crippen molar-refractivity contribution in [1.82, 2.24) is 10.8 Å². The van der Waals surface area contributed by atoms with Crippen molar-refractivity contribution >= 4 is 11.9 Å². The lowest BCUT2D eigenvalue weighted by Crippen LogP contribution is -2.38. The van der Waals surface area contributed by atoms with Gasteiger partial charge in [0.15, 0.2) is 6.61 Å². The van der Waals surface area contributed by atoms with Gasteiger partial charge in [-0.1, -0.05) is 12.8 Å². The van der Waals surface area contributed by atoms with Gasteiger partial charge in [-0.25, -0.2) is 10.3 Å². The van der Waals surface area contributed by atoms with E-state index in [9.17, 15) is 9.59 Å². The van der Waals surface area contributed by atoms with E-state index in [2.05, 4.69) is 15.6 Å². The van der Waals surface area contributed by atoms with Crippen molar-refractivity contribution in [3.05, 3.63) is 0 Å². The molecule has 6 heteroatoms. The van der Waals surface area contributed by atoms with E-state index in [1.165, 1.54) is 12.8 Å². The number of aliphatic carboxylic acids is 1. The average Bonchev–Trinajstić information content (AvgIpc) is 2.66. The number of carboxylic acids is 1. The van der Waals surface area contributed by atoms with Crippen LogP contribution in [0.2, 0.25) is 0 Å². The largest absolute Gasteiger partial charge is 0.479 e. The fraction of sp³-hybridized carbons (Fsp3) is 0.778. The second-order valence-electron chi connectivity index (χ2n) is 3.57. The van der Waals surface area contributed by atoms with Crippen LogP contribution in [-0.2, 0) is 14.4 Å². The Morgan fingerprint density at radius 3 is 2.60 bits per heavy atom. The van der Waals surface area contributed by atoms with Crippen molar-refractivity contribution < 1.29 is 19.5 Å². The lowest BCUT2D eigenvalue weighted by Gasteiger charge is -2.10. The molecule has 1 amide bonds. The van der Waals surface area contributed by atoms with E-state index in [0.29, 0.717) is 6.04 Å². The van der Waals surface area contributed by atoms with Gasteiger partial charge in [0, 0.05) is 6.04 Å². The first-order chi connectivity index (χ1) is 7.18. The molecule has 0 atom stereocenters. The topological polar surface area (TPSA) is 87.7 Å². The summed E-state index contributed by atoms with van der Waals surface area (Å²) in [7, 11) is 0. The molecule has 1 aliphatic rings. The van der Waals surface area contributed by atoms with Crippen molar-refractivity contribution in [1.29, 1.82) is 0 Å². The molecule has 0 aliphatic heterocycles. The average molecular weight is 216 g/mol. The molecular formula is C9H16N2O4. The van der Waals surface area contributed by atoms with Gasteiger partial charge in [-0.3, -0.25) is 9.63 Å². The van der Waals surface area contributed by atoms with Gasteiger partial charge in [0.1, 0.15) is 0 Å². The minimum Gasteiger partial charge on any atom is -0.479 e. The molecule has 3 N–H and O–H groups in total. The molecule has 6 nitrogen and oxygen atoms in total. The predicted molar refractivity (Wildman–Crippen MR) is 52.0 cm³/mol. The summed E-state index contributed by atoms with van der Waals surface area (Å²) in [5.74, 6) is -1.46. The lowest BCUT2D eigenvalue weighted by atomic mass is 10.2. The number of hydrogen-bond donors (Lipinski definition) is 3. The Kier molecular flexibility index (Phi) is 5.06. The molecule has 1 rings (SSSR count). The van der Waals surface area contributed by atoms with E-state index in [1.807, 2.05) is 0 Å². The van der Waals surface area contributed by atoms with Crippen LogP contribution < -0.4 is 10.8 Å². The first kappa shape index (κ1) is 11.9. The third kappa shape index (κ3) is 5.34. The number of rotatable bonds is 6. The zero-order chi connectivity index (χ0) is 11.1. The van der Waals surface area contributed by atoms with Crippen LogP contribution in [0.25, 0.3) is 0 Å². The van der Waals surface area contributed by atoms with Crippen LogP contribution >= 0.6 is 0 Å². The maximum atomic E-state index is 11.1. The molecule has 0 heterocycles. The number of carbonyl (C=O) groups is 2. The van der Waals surface area contributed by atoms with Gasteiger partial charge in [-0.2, -0.15) is 0 Å². The van der Waals surface area contributed by atoms with Gasteiger partial charge >= 0.3 is 5.97 Å². The second kappa shape index (κ2) is 6.36. The van der Waals surface area contributed by atoms with E-state index in [0.717, 1.165) is 12.8 Å². The molecule has 0 bridgehead atoms. The monoisotopic (exact) mass is 216 g/mol. The fourth-order valence-corrected chi connectivity index (χ4v) is 1.58. The highest BCUT2D eigenvalue weighted by atomic mass is 16.7. The van der Waals surface area contributed by atoms with Crippen LogP contribution in [-0.4, -0.2) is 36.2 Å². The van der Waals surface area contributed by atoms with Crippen LogP contribution in [0, 0.1) is 0 Å². The van der Waals surface area contributed by atoms with Crippen LogP contribution in [0.4, 0.5) is 0 Å².